The molecule has 0 unspecified atom stereocenters. The Balaban J connectivity index is 2.01. The molecule has 16 heavy (non-hydrogen) atoms. The molecule has 0 radical (unpaired) electrons. The molecule has 2 saturated carbocycles. The van der Waals surface area contributed by atoms with Crippen LogP contribution in [0.1, 0.15) is 12.8 Å². The van der Waals surface area contributed by atoms with Gasteiger partial charge in [-0.25, -0.2) is 0 Å². The highest BCUT2D eigenvalue weighted by Gasteiger charge is 2.70. The van der Waals surface area contributed by atoms with Crippen molar-refractivity contribution in [2.75, 3.05) is 7.11 Å². The van der Waals surface area contributed by atoms with Crippen molar-refractivity contribution in [3.8, 4) is 0 Å². The van der Waals surface area contributed by atoms with E-state index in [9.17, 15) is 14.7 Å². The van der Waals surface area contributed by atoms with Crippen molar-refractivity contribution in [1.29, 1.82) is 0 Å². The summed E-state index contributed by atoms with van der Waals surface area (Å²) in [6.45, 7) is 0. The number of carbonyl (C=O) groups is 2. The van der Waals surface area contributed by atoms with E-state index in [0.717, 1.165) is 12.8 Å². The van der Waals surface area contributed by atoms with E-state index in [2.05, 4.69) is 0 Å². The monoisotopic (exact) mass is 222 g/mol. The van der Waals surface area contributed by atoms with Crippen molar-refractivity contribution in [3.63, 3.8) is 0 Å². The van der Waals surface area contributed by atoms with Gasteiger partial charge in [0.05, 0.1) is 18.9 Å². The first-order valence-corrected chi connectivity index (χ1v) is 5.61. The van der Waals surface area contributed by atoms with Crippen LogP contribution in [0.5, 0.6) is 0 Å². The quantitative estimate of drug-likeness (QED) is 0.560. The Morgan fingerprint density at radius 3 is 2.25 bits per heavy atom. The summed E-state index contributed by atoms with van der Waals surface area (Å²) in [4.78, 5) is 23.0. The van der Waals surface area contributed by atoms with Gasteiger partial charge in [-0.2, -0.15) is 0 Å². The van der Waals surface area contributed by atoms with Gasteiger partial charge in [-0.05, 0) is 30.1 Å². The maximum Gasteiger partial charge on any atom is 0.310 e. The van der Waals surface area contributed by atoms with Crippen LogP contribution in [0.15, 0.2) is 12.2 Å². The minimum atomic E-state index is -0.862. The van der Waals surface area contributed by atoms with Gasteiger partial charge in [-0.1, -0.05) is 12.2 Å². The van der Waals surface area contributed by atoms with Gasteiger partial charge < -0.3 is 9.84 Å². The molecule has 3 aliphatic carbocycles. The summed E-state index contributed by atoms with van der Waals surface area (Å²) in [5.41, 5.74) is 0.0852. The maximum atomic E-state index is 11.7. The Morgan fingerprint density at radius 2 is 1.81 bits per heavy atom. The normalized spacial score (nSPS) is 41.3. The van der Waals surface area contributed by atoms with E-state index >= 15 is 0 Å². The molecule has 0 saturated heterocycles. The van der Waals surface area contributed by atoms with Crippen LogP contribution in [0.2, 0.25) is 0 Å². The lowest BCUT2D eigenvalue weighted by molar-refractivity contribution is -0.156. The number of carbonyl (C=O) groups excluding carboxylic acids is 1. The largest absolute Gasteiger partial charge is 0.481 e. The average molecular weight is 222 g/mol. The molecule has 4 atom stereocenters. The molecule has 0 amide bonds. The fourth-order valence-corrected chi connectivity index (χ4v) is 3.79. The van der Waals surface area contributed by atoms with Gasteiger partial charge in [0.1, 0.15) is 0 Å². The molecule has 0 aliphatic heterocycles. The van der Waals surface area contributed by atoms with Gasteiger partial charge in [0.2, 0.25) is 0 Å². The second-order valence-corrected chi connectivity index (χ2v) is 5.08. The predicted molar refractivity (Wildman–Crippen MR) is 54.4 cm³/mol. The molecular weight excluding hydrogens is 208 g/mol. The van der Waals surface area contributed by atoms with Gasteiger partial charge in [0.15, 0.2) is 0 Å². The summed E-state index contributed by atoms with van der Waals surface area (Å²) >= 11 is 0. The van der Waals surface area contributed by atoms with E-state index in [1.165, 1.54) is 7.11 Å². The third-order valence-electron chi connectivity index (χ3n) is 4.60. The average Bonchev–Trinajstić information content (AvgIpc) is 2.92. The molecule has 4 nitrogen and oxygen atoms in total. The Labute approximate surface area is 93.3 Å². The summed E-state index contributed by atoms with van der Waals surface area (Å²) in [7, 11) is 1.33. The molecule has 1 N–H and O–H groups in total. The van der Waals surface area contributed by atoms with Crippen LogP contribution in [0, 0.1) is 29.1 Å². The number of hydrogen-bond donors (Lipinski definition) is 1. The van der Waals surface area contributed by atoms with Crippen LogP contribution in [0.25, 0.3) is 0 Å². The third kappa shape index (κ3) is 0.950. The Bertz CT molecular complexity index is 394. The summed E-state index contributed by atoms with van der Waals surface area (Å²) < 4.78 is 4.75. The molecule has 3 aliphatic rings. The van der Waals surface area contributed by atoms with E-state index < -0.39 is 17.8 Å². The van der Waals surface area contributed by atoms with Crippen LogP contribution >= 0.6 is 0 Å². The van der Waals surface area contributed by atoms with Gasteiger partial charge in [0, 0.05) is 0 Å². The molecule has 2 bridgehead atoms. The zero-order chi connectivity index (χ0) is 11.5. The van der Waals surface area contributed by atoms with Crippen LogP contribution in [-0.4, -0.2) is 24.2 Å². The van der Waals surface area contributed by atoms with Crippen molar-refractivity contribution < 1.29 is 19.4 Å². The Kier molecular flexibility index (Phi) is 1.77. The SMILES string of the molecule is COC(=O)[C@@H]1[C@@H](C(=O)O)[C@H]2C=C[C@H]1C21CC1. The molecule has 3 rings (SSSR count). The fraction of sp³-hybridized carbons (Fsp3) is 0.667. The highest BCUT2D eigenvalue weighted by Crippen LogP contribution is 2.72. The highest BCUT2D eigenvalue weighted by molar-refractivity contribution is 5.84. The zero-order valence-electron chi connectivity index (χ0n) is 9.05. The van der Waals surface area contributed by atoms with Crippen molar-refractivity contribution >= 4 is 11.9 Å². The molecule has 1 spiro atoms. The first-order valence-electron chi connectivity index (χ1n) is 5.61. The second kappa shape index (κ2) is 2.87. The van der Waals surface area contributed by atoms with Gasteiger partial charge >= 0.3 is 11.9 Å². The number of hydrogen-bond acceptors (Lipinski definition) is 3. The number of carboxylic acid groups (broad SMARTS) is 1. The van der Waals surface area contributed by atoms with Crippen LogP contribution in [0.4, 0.5) is 0 Å². The molecule has 0 heterocycles. The Hall–Kier alpha value is -1.32. The van der Waals surface area contributed by atoms with Crippen molar-refractivity contribution in [2.24, 2.45) is 29.1 Å². The number of methoxy groups -OCH3 is 1. The number of rotatable bonds is 2. The topological polar surface area (TPSA) is 63.6 Å². The summed E-state index contributed by atoms with van der Waals surface area (Å²) in [6, 6.07) is 0. The minimum absolute atomic E-state index is 0.0408. The summed E-state index contributed by atoms with van der Waals surface area (Å²) in [5, 5.41) is 9.27. The van der Waals surface area contributed by atoms with E-state index in [1.54, 1.807) is 0 Å². The van der Waals surface area contributed by atoms with E-state index in [0.29, 0.717) is 0 Å². The number of ether oxygens (including phenoxy) is 1. The molecular formula is C12H14O4. The maximum absolute atomic E-state index is 11.7. The van der Waals surface area contributed by atoms with Gasteiger partial charge in [-0.15, -0.1) is 0 Å². The summed E-state index contributed by atoms with van der Waals surface area (Å²) in [6.07, 6.45) is 6.12. The number of allylic oxidation sites excluding steroid dienone is 2. The van der Waals surface area contributed by atoms with E-state index in [1.807, 2.05) is 12.2 Å². The number of aliphatic carboxylic acids is 1. The molecule has 2 fully saturated rings. The molecule has 0 aromatic heterocycles. The van der Waals surface area contributed by atoms with Gasteiger partial charge in [-0.3, -0.25) is 9.59 Å². The lowest BCUT2D eigenvalue weighted by Gasteiger charge is -2.21. The van der Waals surface area contributed by atoms with E-state index in [-0.39, 0.29) is 23.2 Å². The number of esters is 1. The second-order valence-electron chi connectivity index (χ2n) is 5.08. The van der Waals surface area contributed by atoms with Crippen molar-refractivity contribution in [1.82, 2.24) is 0 Å². The fourth-order valence-electron chi connectivity index (χ4n) is 3.79. The molecule has 0 aromatic rings. The van der Waals surface area contributed by atoms with Crippen molar-refractivity contribution in [2.45, 2.75) is 12.8 Å². The lowest BCUT2D eigenvalue weighted by atomic mass is 9.83. The Morgan fingerprint density at radius 1 is 1.25 bits per heavy atom. The molecule has 86 valence electrons. The van der Waals surface area contributed by atoms with Crippen LogP contribution in [0.3, 0.4) is 0 Å². The first-order chi connectivity index (χ1) is 7.62. The minimum Gasteiger partial charge on any atom is -0.481 e. The number of carboxylic acids is 1. The van der Waals surface area contributed by atoms with Crippen molar-refractivity contribution in [3.05, 3.63) is 12.2 Å². The molecule has 0 aromatic carbocycles. The highest BCUT2D eigenvalue weighted by atomic mass is 16.5. The lowest BCUT2D eigenvalue weighted by Crippen LogP contribution is -2.33. The van der Waals surface area contributed by atoms with Crippen LogP contribution in [-0.2, 0) is 14.3 Å². The third-order valence-corrected chi connectivity index (χ3v) is 4.60. The summed E-state index contributed by atoms with van der Waals surface area (Å²) in [5.74, 6) is -2.15. The first kappa shape index (κ1) is 9.87. The standard InChI is InChI=1S/C12H14O4/c1-16-11(15)9-7-3-2-6(8(9)10(13)14)12(7)4-5-12/h2-3,6-9H,4-5H2,1H3,(H,13,14)/t6-,7-,8+,9+/m1/s1. The zero-order valence-corrected chi connectivity index (χ0v) is 9.05. The van der Waals surface area contributed by atoms with Crippen LogP contribution < -0.4 is 0 Å². The van der Waals surface area contributed by atoms with E-state index in [4.69, 9.17) is 4.74 Å². The van der Waals surface area contributed by atoms with Gasteiger partial charge in [0.25, 0.3) is 0 Å². The molecule has 4 heteroatoms. The predicted octanol–water partition coefficient (Wildman–Crippen LogP) is 1.07. The smallest absolute Gasteiger partial charge is 0.310 e.